The molecule has 0 unspecified atom stereocenters. The van der Waals surface area contributed by atoms with Gasteiger partial charge in [0.2, 0.25) is 0 Å². The quantitative estimate of drug-likeness (QED) is 0.145. The van der Waals surface area contributed by atoms with Crippen LogP contribution in [0.25, 0.3) is 76.5 Å². The van der Waals surface area contributed by atoms with E-state index in [1.165, 1.54) is 66.1 Å². The number of benzene rings is 10. The Kier molecular flexibility index (Phi) is 9.11. The van der Waals surface area contributed by atoms with Crippen LogP contribution in [0.1, 0.15) is 22.3 Å². The van der Waals surface area contributed by atoms with Crippen LogP contribution in [0.15, 0.2) is 194 Å². The summed E-state index contributed by atoms with van der Waals surface area (Å²) in [5.41, 5.74) is 11.3. The minimum absolute atomic E-state index is 0.0391. The second-order valence-corrected chi connectivity index (χ2v) is 15.9. The van der Waals surface area contributed by atoms with E-state index in [2.05, 4.69) is 182 Å². The van der Waals surface area contributed by atoms with Gasteiger partial charge in [0.15, 0.2) is 0 Å². The van der Waals surface area contributed by atoms with Crippen LogP contribution in [-0.2, 0) is 5.41 Å². The number of aliphatic hydroxyl groups is 2. The second-order valence-electron chi connectivity index (χ2n) is 15.9. The number of rotatable bonds is 10. The van der Waals surface area contributed by atoms with E-state index in [1.807, 2.05) is 12.1 Å². The Balaban J connectivity index is 1.27. The van der Waals surface area contributed by atoms with Crippen LogP contribution in [0.5, 0.6) is 11.5 Å². The molecule has 10 aromatic rings. The number of aliphatic hydroxyl groups excluding tert-OH is 2. The predicted molar refractivity (Wildman–Crippen MR) is 250 cm³/mol. The lowest BCUT2D eigenvalue weighted by Gasteiger charge is -2.34. The Labute approximate surface area is 354 Å². The first kappa shape index (κ1) is 36.8. The van der Waals surface area contributed by atoms with Gasteiger partial charge in [0.25, 0.3) is 0 Å². The van der Waals surface area contributed by atoms with Crippen molar-refractivity contribution >= 4 is 43.1 Å². The van der Waals surface area contributed by atoms with Crippen molar-refractivity contribution in [1.82, 2.24) is 0 Å². The van der Waals surface area contributed by atoms with Crippen LogP contribution in [-0.4, -0.2) is 36.6 Å². The molecule has 1 aliphatic carbocycles. The minimum atomic E-state index is -0.730. The summed E-state index contributed by atoms with van der Waals surface area (Å²) in [6, 6.07) is 70.6. The van der Waals surface area contributed by atoms with Gasteiger partial charge in [-0.3, -0.25) is 0 Å². The first-order chi connectivity index (χ1) is 30.1. The van der Waals surface area contributed by atoms with E-state index in [4.69, 9.17) is 9.47 Å². The van der Waals surface area contributed by atoms with Crippen LogP contribution < -0.4 is 9.47 Å². The molecule has 11 rings (SSSR count). The normalized spacial score (nSPS) is 12.8. The van der Waals surface area contributed by atoms with Crippen molar-refractivity contribution in [1.29, 1.82) is 0 Å². The molecule has 4 nitrogen and oxygen atoms in total. The maximum absolute atomic E-state index is 9.46. The number of hydrogen-bond acceptors (Lipinski definition) is 4. The number of fused-ring (bicyclic) bond motifs is 7. The third-order valence-electron chi connectivity index (χ3n) is 12.6. The van der Waals surface area contributed by atoms with Gasteiger partial charge in [-0.05, 0) is 135 Å². The molecule has 10 aromatic carbocycles. The molecule has 0 amide bonds. The fourth-order valence-electron chi connectivity index (χ4n) is 9.99. The lowest BCUT2D eigenvalue weighted by atomic mass is 9.67. The fourth-order valence-corrected chi connectivity index (χ4v) is 9.99. The zero-order valence-electron chi connectivity index (χ0n) is 33.5. The van der Waals surface area contributed by atoms with Crippen LogP contribution >= 0.6 is 0 Å². The molecule has 0 saturated heterocycles. The van der Waals surface area contributed by atoms with E-state index >= 15 is 0 Å². The van der Waals surface area contributed by atoms with E-state index in [1.54, 1.807) is 0 Å². The van der Waals surface area contributed by atoms with E-state index in [-0.39, 0.29) is 26.4 Å². The highest BCUT2D eigenvalue weighted by Gasteiger charge is 2.48. The Morgan fingerprint density at radius 2 is 0.738 bits per heavy atom. The highest BCUT2D eigenvalue weighted by Crippen LogP contribution is 2.61. The smallest absolute Gasteiger partial charge is 0.120 e. The lowest BCUT2D eigenvalue weighted by molar-refractivity contribution is 0.201. The van der Waals surface area contributed by atoms with Crippen molar-refractivity contribution < 1.29 is 19.7 Å². The largest absolute Gasteiger partial charge is 0.491 e. The van der Waals surface area contributed by atoms with Gasteiger partial charge in [0.1, 0.15) is 24.7 Å². The molecule has 0 atom stereocenters. The van der Waals surface area contributed by atoms with E-state index in [0.717, 1.165) is 44.2 Å². The zero-order valence-corrected chi connectivity index (χ0v) is 33.5. The van der Waals surface area contributed by atoms with Gasteiger partial charge >= 0.3 is 0 Å². The molecule has 294 valence electrons. The summed E-state index contributed by atoms with van der Waals surface area (Å²) in [4.78, 5) is 0. The fraction of sp³-hybridized carbons (Fsp3) is 0.0877. The summed E-state index contributed by atoms with van der Waals surface area (Å²) in [5, 5.41) is 28.1. The molecule has 0 radical (unpaired) electrons. The average molecular weight is 791 g/mol. The molecule has 4 heteroatoms. The van der Waals surface area contributed by atoms with Gasteiger partial charge in [0, 0.05) is 0 Å². The Morgan fingerprint density at radius 3 is 1.21 bits per heavy atom. The topological polar surface area (TPSA) is 58.9 Å². The standard InChI is InChI=1S/C57H42O4/c58-29-31-60-45-27-23-39-33-43(25-21-41(39)35-45)57(44-26-22-42-36-46(61-32-30-59)28-24-40(42)34-44)53-19-7-17-51(49-15-5-11-37-9-1-3-13-47(37)49)55(53)56-52(18-8-20-54(56)57)50-16-6-12-38-10-2-4-14-48(38)50/h1-28,33-36,58-59H,29-32H2. The van der Waals surface area contributed by atoms with Crippen LogP contribution in [0.3, 0.4) is 0 Å². The molecule has 2 N–H and O–H groups in total. The van der Waals surface area contributed by atoms with Crippen LogP contribution in [0.4, 0.5) is 0 Å². The van der Waals surface area contributed by atoms with Crippen molar-refractivity contribution in [2.75, 3.05) is 26.4 Å². The third kappa shape index (κ3) is 5.98. The summed E-state index contributed by atoms with van der Waals surface area (Å²) in [6.45, 7) is 0.413. The lowest BCUT2D eigenvalue weighted by Crippen LogP contribution is -2.28. The molecule has 0 saturated carbocycles. The van der Waals surface area contributed by atoms with Gasteiger partial charge in [0.05, 0.1) is 18.6 Å². The van der Waals surface area contributed by atoms with E-state index in [9.17, 15) is 10.2 Å². The SMILES string of the molecule is OCCOc1ccc2cc(C3(c4ccc5cc(OCCO)ccc5c4)c4cccc(-c5cccc6ccccc56)c4-c4c(-c5cccc6ccccc56)cccc43)ccc2c1. The molecule has 0 spiro atoms. The molecular weight excluding hydrogens is 749 g/mol. The molecule has 0 heterocycles. The van der Waals surface area contributed by atoms with Crippen molar-refractivity contribution in [2.24, 2.45) is 0 Å². The maximum atomic E-state index is 9.46. The molecule has 61 heavy (non-hydrogen) atoms. The Morgan fingerprint density at radius 1 is 0.344 bits per heavy atom. The van der Waals surface area contributed by atoms with Crippen molar-refractivity contribution in [3.8, 4) is 44.9 Å². The summed E-state index contributed by atoms with van der Waals surface area (Å²) >= 11 is 0. The molecule has 0 aliphatic heterocycles. The van der Waals surface area contributed by atoms with Crippen LogP contribution in [0, 0.1) is 0 Å². The van der Waals surface area contributed by atoms with Gasteiger partial charge in [-0.1, -0.05) is 158 Å². The Bertz CT molecular complexity index is 3080. The number of ether oxygens (including phenoxy) is 2. The van der Waals surface area contributed by atoms with Gasteiger partial charge < -0.3 is 19.7 Å². The molecule has 1 aliphatic rings. The minimum Gasteiger partial charge on any atom is -0.491 e. The number of hydrogen-bond donors (Lipinski definition) is 2. The Hall–Kier alpha value is -7.24. The van der Waals surface area contributed by atoms with Gasteiger partial charge in [-0.15, -0.1) is 0 Å². The first-order valence-electron chi connectivity index (χ1n) is 21.0. The zero-order chi connectivity index (χ0) is 40.9. The predicted octanol–water partition coefficient (Wildman–Crippen LogP) is 12.7. The van der Waals surface area contributed by atoms with Crippen molar-refractivity contribution in [3.63, 3.8) is 0 Å². The molecule has 0 bridgehead atoms. The monoisotopic (exact) mass is 790 g/mol. The van der Waals surface area contributed by atoms with E-state index < -0.39 is 5.41 Å². The molecular formula is C57H42O4. The van der Waals surface area contributed by atoms with E-state index in [0.29, 0.717) is 0 Å². The summed E-state index contributed by atoms with van der Waals surface area (Å²) in [5.74, 6) is 1.47. The van der Waals surface area contributed by atoms with Crippen LogP contribution in [0.2, 0.25) is 0 Å². The highest BCUT2D eigenvalue weighted by atomic mass is 16.5. The van der Waals surface area contributed by atoms with Crippen molar-refractivity contribution in [2.45, 2.75) is 5.41 Å². The first-order valence-corrected chi connectivity index (χ1v) is 21.0. The summed E-state index contributed by atoms with van der Waals surface area (Å²) < 4.78 is 11.7. The summed E-state index contributed by atoms with van der Waals surface area (Å²) in [7, 11) is 0. The molecule has 0 fully saturated rings. The maximum Gasteiger partial charge on any atom is 0.120 e. The third-order valence-corrected chi connectivity index (χ3v) is 12.6. The van der Waals surface area contributed by atoms with Crippen molar-refractivity contribution in [3.05, 3.63) is 216 Å². The van der Waals surface area contributed by atoms with Gasteiger partial charge in [-0.2, -0.15) is 0 Å². The van der Waals surface area contributed by atoms with Gasteiger partial charge in [-0.25, -0.2) is 0 Å². The highest BCUT2D eigenvalue weighted by molar-refractivity contribution is 6.09. The second kappa shape index (κ2) is 15.1. The summed E-state index contributed by atoms with van der Waals surface area (Å²) in [6.07, 6.45) is 0. The average Bonchev–Trinajstić information content (AvgIpc) is 3.63. The molecule has 0 aromatic heterocycles.